The van der Waals surface area contributed by atoms with Crippen molar-refractivity contribution < 1.29 is 67.7 Å². The third kappa shape index (κ3) is 8.74. The molecule has 64 heavy (non-hydrogen) atoms. The maximum atomic E-state index is 13.2. The van der Waals surface area contributed by atoms with Crippen LogP contribution in [0.3, 0.4) is 0 Å². The molecule has 0 saturated heterocycles. The number of azo groups is 1. The molecule has 0 fully saturated rings. The van der Waals surface area contributed by atoms with Gasteiger partial charge in [0.2, 0.25) is 0 Å². The summed E-state index contributed by atoms with van der Waals surface area (Å²) in [5.41, 5.74) is 5.56. The largest absolute Gasteiger partial charge is 1.00 e. The average Bonchev–Trinajstić information content (AvgIpc) is 3.93. The summed E-state index contributed by atoms with van der Waals surface area (Å²) in [6.45, 7) is 1.99. The first kappa shape index (κ1) is 44.5. The number of aryl methyl sites for hydroxylation is 1. The van der Waals surface area contributed by atoms with E-state index in [2.05, 4.69) is 30.6 Å². The van der Waals surface area contributed by atoms with Gasteiger partial charge in [-0.15, -0.1) is 20.4 Å². The average molecular weight is 923 g/mol. The first-order valence-corrected chi connectivity index (χ1v) is 22.5. The third-order valence-corrected chi connectivity index (χ3v) is 13.1. The van der Waals surface area contributed by atoms with Gasteiger partial charge in [0.05, 0.1) is 37.0 Å². The van der Waals surface area contributed by atoms with Crippen LogP contribution >= 0.6 is 0 Å². The van der Waals surface area contributed by atoms with Crippen molar-refractivity contribution >= 4 is 98.7 Å². The molecule has 0 aliphatic rings. The van der Waals surface area contributed by atoms with E-state index in [4.69, 9.17) is 12.5 Å². The van der Waals surface area contributed by atoms with E-state index in [9.17, 15) is 25.6 Å². The Morgan fingerprint density at radius 1 is 0.609 bits per heavy atom. The number of nitrogens with zero attached hydrogens (tertiary/aromatic N) is 8. The summed E-state index contributed by atoms with van der Waals surface area (Å²) in [4.78, 5) is 2.40. The summed E-state index contributed by atoms with van der Waals surface area (Å²) < 4.78 is 89.3. The van der Waals surface area contributed by atoms with Crippen LogP contribution < -0.4 is 33.7 Å². The van der Waals surface area contributed by atoms with Crippen molar-refractivity contribution in [3.05, 3.63) is 138 Å². The molecule has 316 valence electrons. The monoisotopic (exact) mass is 922 g/mol. The Labute approximate surface area is 390 Å². The molecule has 0 bridgehead atoms. The van der Waals surface area contributed by atoms with Gasteiger partial charge in [-0.3, -0.25) is 8.37 Å². The number of hydrogen-bond acceptors (Lipinski definition) is 15. The molecule has 7 aromatic carbocycles. The minimum atomic E-state index is -4.29. The predicted octanol–water partition coefficient (Wildman–Crippen LogP) is 5.20. The SMILES string of the molecule is COS(=O)(=O)c1cc(N=Nc2ccc(-n3nc4ccc5cc(OS(=O)[O-])ccc5c4n3)cc2)ccc1C=Cc1ccc(-n2nc3cc(C)c4ccccc4c3n2)cc1S(=O)(=O)OC.[Na+]. The molecular weight excluding hydrogens is 892 g/mol. The van der Waals surface area contributed by atoms with Crippen LogP contribution in [0.2, 0.25) is 0 Å². The van der Waals surface area contributed by atoms with Gasteiger partial charge in [-0.1, -0.05) is 54.6 Å². The number of aromatic nitrogens is 6. The summed E-state index contributed by atoms with van der Waals surface area (Å²) in [5.74, 6) is 0.175. The van der Waals surface area contributed by atoms with Crippen LogP contribution in [-0.2, 0) is 40.0 Å². The van der Waals surface area contributed by atoms with Gasteiger partial charge in [-0.05, 0) is 113 Å². The van der Waals surface area contributed by atoms with Crippen molar-refractivity contribution in [1.82, 2.24) is 30.0 Å². The quantitative estimate of drug-likeness (QED) is 0.0506. The normalized spacial score (nSPS) is 12.8. The molecule has 0 aliphatic heterocycles. The van der Waals surface area contributed by atoms with E-state index in [0.717, 1.165) is 41.3 Å². The summed E-state index contributed by atoms with van der Waals surface area (Å²) in [7, 11) is -6.48. The Morgan fingerprint density at radius 3 is 1.88 bits per heavy atom. The molecule has 2 heterocycles. The number of fused-ring (bicyclic) bond motifs is 6. The first-order chi connectivity index (χ1) is 30.3. The molecule has 0 radical (unpaired) electrons. The molecule has 1 atom stereocenters. The maximum absolute atomic E-state index is 13.2. The fourth-order valence-corrected chi connectivity index (χ4v) is 9.04. The zero-order chi connectivity index (χ0) is 44.0. The van der Waals surface area contributed by atoms with Gasteiger partial charge in [-0.25, -0.2) is 4.21 Å². The molecule has 0 N–H and O–H groups in total. The van der Waals surface area contributed by atoms with E-state index < -0.39 is 31.6 Å². The summed E-state index contributed by atoms with van der Waals surface area (Å²) in [5, 5.41) is 30.5. The first-order valence-electron chi connectivity index (χ1n) is 18.7. The van der Waals surface area contributed by atoms with Gasteiger partial charge in [0.25, 0.3) is 20.2 Å². The predicted molar refractivity (Wildman–Crippen MR) is 235 cm³/mol. The standard InChI is InChI=1S/C43H32N8O9S3.Na/c1-26-22-39-43(37-7-5-4-6-35(26)37)49-51(47-39)33-16-11-28(41(25-33)63(56,57)59-3)9-8-27-10-13-31(24-40(27)62(54,55)58-2)45-44-30-14-17-32(18-15-30)50-46-38-21-12-29-23-34(60-61(52)53)19-20-36(29)42(38)48-50;/h4-25H,1-3H3,(H,52,53);/q;+1/p-1. The molecule has 0 aliphatic carbocycles. The van der Waals surface area contributed by atoms with E-state index in [0.29, 0.717) is 39.1 Å². The van der Waals surface area contributed by atoms with Crippen LogP contribution in [0.15, 0.2) is 141 Å². The molecule has 9 rings (SSSR count). The number of rotatable bonds is 12. The smallest absolute Gasteiger partial charge is 0.740 e. The van der Waals surface area contributed by atoms with Gasteiger partial charge in [-0.2, -0.15) is 36.7 Å². The molecule has 1 unspecified atom stereocenters. The van der Waals surface area contributed by atoms with E-state index in [1.165, 1.54) is 46.0 Å². The summed E-state index contributed by atoms with van der Waals surface area (Å²) in [6, 6.07) is 33.9. The Bertz CT molecular complexity index is 3620. The van der Waals surface area contributed by atoms with Gasteiger partial charge in [0.1, 0.15) is 49.0 Å². The number of hydrogen-bond donors (Lipinski definition) is 0. The van der Waals surface area contributed by atoms with E-state index >= 15 is 0 Å². The van der Waals surface area contributed by atoms with Crippen LogP contribution in [0.25, 0.3) is 67.1 Å². The zero-order valence-electron chi connectivity index (χ0n) is 34.2. The van der Waals surface area contributed by atoms with Crippen molar-refractivity contribution in [2.24, 2.45) is 10.2 Å². The van der Waals surface area contributed by atoms with Gasteiger partial charge < -0.3 is 8.74 Å². The Kier molecular flexibility index (Phi) is 12.4. The Balaban J connectivity index is 0.00000560. The second-order valence-electron chi connectivity index (χ2n) is 13.9. The summed E-state index contributed by atoms with van der Waals surface area (Å²) in [6.07, 6.45) is 2.91. The van der Waals surface area contributed by atoms with Crippen molar-refractivity contribution in [2.75, 3.05) is 14.2 Å². The molecule has 0 amide bonds. The van der Waals surface area contributed by atoms with Crippen LogP contribution in [0.1, 0.15) is 16.7 Å². The van der Waals surface area contributed by atoms with Crippen molar-refractivity contribution in [2.45, 2.75) is 16.7 Å². The van der Waals surface area contributed by atoms with Crippen LogP contribution in [-0.4, -0.2) is 69.8 Å². The second kappa shape index (κ2) is 17.8. The molecule has 9 aromatic rings. The zero-order valence-corrected chi connectivity index (χ0v) is 38.6. The molecule has 2 aromatic heterocycles. The topological polar surface area (TPSA) is 222 Å². The van der Waals surface area contributed by atoms with Crippen molar-refractivity contribution in [3.8, 4) is 17.1 Å². The van der Waals surface area contributed by atoms with Crippen LogP contribution in [0.5, 0.6) is 5.75 Å². The summed E-state index contributed by atoms with van der Waals surface area (Å²) >= 11 is -2.70. The molecule has 17 nitrogen and oxygen atoms in total. The molecule has 0 spiro atoms. The molecule has 21 heteroatoms. The van der Waals surface area contributed by atoms with Gasteiger partial charge in [0, 0.05) is 10.8 Å². The fourth-order valence-electron chi connectivity index (χ4n) is 7.04. The van der Waals surface area contributed by atoms with E-state index in [1.807, 2.05) is 37.3 Å². The minimum Gasteiger partial charge on any atom is -0.740 e. The maximum Gasteiger partial charge on any atom is 1.00 e. The number of benzene rings is 7. The van der Waals surface area contributed by atoms with Crippen molar-refractivity contribution in [3.63, 3.8) is 0 Å². The van der Waals surface area contributed by atoms with Gasteiger partial charge >= 0.3 is 29.6 Å². The fraction of sp³-hybridized carbons (Fsp3) is 0.0698. The van der Waals surface area contributed by atoms with E-state index in [1.54, 1.807) is 66.7 Å². The van der Waals surface area contributed by atoms with E-state index in [-0.39, 0.29) is 61.9 Å². The van der Waals surface area contributed by atoms with Crippen LogP contribution in [0.4, 0.5) is 11.4 Å². The van der Waals surface area contributed by atoms with Crippen molar-refractivity contribution in [1.29, 1.82) is 0 Å². The Morgan fingerprint density at radius 2 is 1.19 bits per heavy atom. The third-order valence-electron chi connectivity index (χ3n) is 10.1. The second-order valence-corrected chi connectivity index (χ2v) is 17.9. The van der Waals surface area contributed by atoms with Crippen LogP contribution in [0, 0.1) is 6.92 Å². The van der Waals surface area contributed by atoms with Gasteiger partial charge in [0.15, 0.2) is 0 Å². The molecule has 0 saturated carbocycles. The Hall–Kier alpha value is -6.07. The minimum absolute atomic E-state index is 0. The molecular formula is C43H31N8NaO9S3.